The van der Waals surface area contributed by atoms with Crippen LogP contribution in [-0.2, 0) is 6.54 Å². The van der Waals surface area contributed by atoms with E-state index in [0.717, 1.165) is 21.3 Å². The predicted octanol–water partition coefficient (Wildman–Crippen LogP) is 4.21. The van der Waals surface area contributed by atoms with Crippen molar-refractivity contribution in [2.45, 2.75) is 13.5 Å². The molecule has 0 bridgehead atoms. The van der Waals surface area contributed by atoms with E-state index in [9.17, 15) is 9.50 Å². The number of phenolic OH excluding ortho intramolecular Hbond substituents is 1. The lowest BCUT2D eigenvalue weighted by atomic mass is 10.1. The van der Waals surface area contributed by atoms with E-state index in [-0.39, 0.29) is 11.6 Å². The number of nitrogens with one attached hydrogen (secondary N) is 1. The Balaban J connectivity index is 2.11. The number of hydrogen-bond acceptors (Lipinski definition) is 2. The molecule has 0 saturated heterocycles. The van der Waals surface area contributed by atoms with E-state index in [1.54, 1.807) is 18.2 Å². The van der Waals surface area contributed by atoms with Gasteiger partial charge in [0.05, 0.1) is 0 Å². The average Bonchev–Trinajstić information content (AvgIpc) is 2.30. The monoisotopic (exact) mass is 309 g/mol. The predicted molar refractivity (Wildman–Crippen MR) is 74.3 cm³/mol. The molecule has 2 aromatic carbocycles. The number of benzene rings is 2. The number of halogens is 2. The Hall–Kier alpha value is -1.55. The van der Waals surface area contributed by atoms with E-state index in [2.05, 4.69) is 21.2 Å². The number of hydrogen-bond donors (Lipinski definition) is 2. The van der Waals surface area contributed by atoms with Crippen LogP contribution in [0.5, 0.6) is 5.75 Å². The van der Waals surface area contributed by atoms with Crippen LogP contribution in [-0.4, -0.2) is 5.11 Å². The molecule has 0 aliphatic rings. The molecule has 94 valence electrons. The first-order valence-corrected chi connectivity index (χ1v) is 6.33. The zero-order valence-electron chi connectivity index (χ0n) is 9.87. The molecule has 0 atom stereocenters. The van der Waals surface area contributed by atoms with Crippen molar-refractivity contribution in [1.29, 1.82) is 0 Å². The number of aromatic hydroxyl groups is 1. The summed E-state index contributed by atoms with van der Waals surface area (Å²) in [7, 11) is 0. The molecule has 0 unspecified atom stereocenters. The van der Waals surface area contributed by atoms with Crippen LogP contribution in [0.4, 0.5) is 10.1 Å². The third kappa shape index (κ3) is 3.01. The summed E-state index contributed by atoms with van der Waals surface area (Å²) in [5, 5.41) is 12.6. The van der Waals surface area contributed by atoms with Crippen LogP contribution >= 0.6 is 15.9 Å². The third-order valence-corrected chi connectivity index (χ3v) is 3.43. The lowest BCUT2D eigenvalue weighted by molar-refractivity contribution is 0.475. The molecule has 0 aromatic heterocycles. The second-order valence-corrected chi connectivity index (χ2v) is 4.94. The number of aryl methyl sites for hydroxylation is 1. The highest BCUT2D eigenvalue weighted by molar-refractivity contribution is 9.10. The smallest absolute Gasteiger partial charge is 0.124 e. The van der Waals surface area contributed by atoms with Gasteiger partial charge in [-0.3, -0.25) is 0 Å². The molecule has 2 N–H and O–H groups in total. The maximum absolute atomic E-state index is 12.9. The summed E-state index contributed by atoms with van der Waals surface area (Å²) in [6.45, 7) is 2.51. The SMILES string of the molecule is Cc1cc(O)ccc1NCc1ccc(F)cc1Br. The minimum atomic E-state index is -0.258. The fourth-order valence-electron chi connectivity index (χ4n) is 1.70. The molecule has 0 aliphatic heterocycles. The zero-order valence-corrected chi connectivity index (χ0v) is 11.5. The van der Waals surface area contributed by atoms with Crippen molar-refractivity contribution in [1.82, 2.24) is 0 Å². The highest BCUT2D eigenvalue weighted by Gasteiger charge is 2.03. The van der Waals surface area contributed by atoms with Gasteiger partial charge in [0.15, 0.2) is 0 Å². The maximum Gasteiger partial charge on any atom is 0.124 e. The van der Waals surface area contributed by atoms with E-state index < -0.39 is 0 Å². The second kappa shape index (κ2) is 5.40. The Morgan fingerprint density at radius 3 is 2.67 bits per heavy atom. The Morgan fingerprint density at radius 2 is 2.00 bits per heavy atom. The van der Waals surface area contributed by atoms with Crippen molar-refractivity contribution in [2.75, 3.05) is 5.32 Å². The molecule has 0 fully saturated rings. The van der Waals surface area contributed by atoms with Gasteiger partial charge in [-0.2, -0.15) is 0 Å². The number of anilines is 1. The molecule has 0 amide bonds. The highest BCUT2D eigenvalue weighted by Crippen LogP contribution is 2.23. The number of rotatable bonds is 3. The topological polar surface area (TPSA) is 32.3 Å². The lowest BCUT2D eigenvalue weighted by Gasteiger charge is -2.11. The summed E-state index contributed by atoms with van der Waals surface area (Å²) < 4.78 is 13.7. The average molecular weight is 310 g/mol. The largest absolute Gasteiger partial charge is 0.508 e. The van der Waals surface area contributed by atoms with Gasteiger partial charge in [-0.25, -0.2) is 4.39 Å². The van der Waals surface area contributed by atoms with Crippen LogP contribution in [0, 0.1) is 12.7 Å². The minimum absolute atomic E-state index is 0.251. The van der Waals surface area contributed by atoms with Crippen LogP contribution in [0.25, 0.3) is 0 Å². The summed E-state index contributed by atoms with van der Waals surface area (Å²) in [5.41, 5.74) is 2.89. The van der Waals surface area contributed by atoms with Gasteiger partial charge >= 0.3 is 0 Å². The van der Waals surface area contributed by atoms with Crippen LogP contribution in [0.1, 0.15) is 11.1 Å². The van der Waals surface area contributed by atoms with Gasteiger partial charge in [0.25, 0.3) is 0 Å². The minimum Gasteiger partial charge on any atom is -0.508 e. The zero-order chi connectivity index (χ0) is 13.1. The van der Waals surface area contributed by atoms with Gasteiger partial charge in [-0.05, 0) is 48.4 Å². The van der Waals surface area contributed by atoms with E-state index in [0.29, 0.717) is 6.54 Å². The van der Waals surface area contributed by atoms with Crippen LogP contribution in [0.2, 0.25) is 0 Å². The van der Waals surface area contributed by atoms with Gasteiger partial charge in [-0.15, -0.1) is 0 Å². The molecule has 0 radical (unpaired) electrons. The van der Waals surface area contributed by atoms with Crippen molar-refractivity contribution in [3.8, 4) is 5.75 Å². The summed E-state index contributed by atoms with van der Waals surface area (Å²) in [4.78, 5) is 0. The van der Waals surface area contributed by atoms with E-state index in [4.69, 9.17) is 0 Å². The molecule has 4 heteroatoms. The van der Waals surface area contributed by atoms with Gasteiger partial charge in [0.1, 0.15) is 11.6 Å². The Labute approximate surface area is 114 Å². The van der Waals surface area contributed by atoms with Gasteiger partial charge in [0.2, 0.25) is 0 Å². The molecule has 0 aliphatic carbocycles. The molecule has 18 heavy (non-hydrogen) atoms. The third-order valence-electron chi connectivity index (χ3n) is 2.69. The van der Waals surface area contributed by atoms with E-state index in [1.807, 2.05) is 13.0 Å². The molecule has 0 heterocycles. The van der Waals surface area contributed by atoms with Gasteiger partial charge in [0, 0.05) is 16.7 Å². The quantitative estimate of drug-likeness (QED) is 0.832. The summed E-state index contributed by atoms with van der Waals surface area (Å²) in [5.74, 6) is -0.00699. The second-order valence-electron chi connectivity index (χ2n) is 4.09. The molecule has 2 aromatic rings. The first-order chi connectivity index (χ1) is 8.56. The van der Waals surface area contributed by atoms with Crippen LogP contribution < -0.4 is 5.32 Å². The molecule has 2 nitrogen and oxygen atoms in total. The summed E-state index contributed by atoms with van der Waals surface area (Å²) >= 11 is 3.33. The normalized spacial score (nSPS) is 10.4. The summed E-state index contributed by atoms with van der Waals surface area (Å²) in [6, 6.07) is 9.77. The van der Waals surface area contributed by atoms with Gasteiger partial charge in [-0.1, -0.05) is 22.0 Å². The van der Waals surface area contributed by atoms with E-state index >= 15 is 0 Å². The van der Waals surface area contributed by atoms with Gasteiger partial charge < -0.3 is 10.4 Å². The molecule has 2 rings (SSSR count). The van der Waals surface area contributed by atoms with Crippen LogP contribution in [0.15, 0.2) is 40.9 Å². The number of phenols is 1. The van der Waals surface area contributed by atoms with Crippen LogP contribution in [0.3, 0.4) is 0 Å². The van der Waals surface area contributed by atoms with Crippen molar-refractivity contribution < 1.29 is 9.50 Å². The fraction of sp³-hybridized carbons (Fsp3) is 0.143. The first kappa shape index (κ1) is 12.9. The van der Waals surface area contributed by atoms with E-state index in [1.165, 1.54) is 12.1 Å². The van der Waals surface area contributed by atoms with Crippen molar-refractivity contribution >= 4 is 21.6 Å². The lowest BCUT2D eigenvalue weighted by Crippen LogP contribution is -2.01. The molecular weight excluding hydrogens is 297 g/mol. The fourth-order valence-corrected chi connectivity index (χ4v) is 2.19. The highest BCUT2D eigenvalue weighted by atomic mass is 79.9. The Bertz CT molecular complexity index is 520. The molecule has 0 spiro atoms. The standard InChI is InChI=1S/C14H13BrFNO/c1-9-6-12(18)4-5-14(9)17-8-10-2-3-11(16)7-13(10)15/h2-7,17-18H,8H2,1H3. The Morgan fingerprint density at radius 1 is 1.22 bits per heavy atom. The molecular formula is C14H13BrFNO. The van der Waals surface area contributed by atoms with Crippen molar-refractivity contribution in [2.24, 2.45) is 0 Å². The summed E-state index contributed by atoms with van der Waals surface area (Å²) in [6.07, 6.45) is 0. The maximum atomic E-state index is 12.9. The molecule has 0 saturated carbocycles. The van der Waals surface area contributed by atoms with Crippen molar-refractivity contribution in [3.63, 3.8) is 0 Å². The Kier molecular flexibility index (Phi) is 3.87. The first-order valence-electron chi connectivity index (χ1n) is 5.53. The van der Waals surface area contributed by atoms with Crippen molar-refractivity contribution in [3.05, 3.63) is 57.8 Å².